The Kier molecular flexibility index (Phi) is 5.33. The number of rotatable bonds is 0. The minimum absolute atomic E-state index is 0.114. The van der Waals surface area contributed by atoms with E-state index in [0.29, 0.717) is 35.5 Å². The topological polar surface area (TPSA) is 61.8 Å². The maximum Gasteiger partial charge on any atom is 0.220 e. The Morgan fingerprint density at radius 3 is 2.82 bits per heavy atom. The van der Waals surface area contributed by atoms with Gasteiger partial charge in [-0.25, -0.2) is 0 Å². The van der Waals surface area contributed by atoms with Crippen LogP contribution >= 0.6 is 0 Å². The third kappa shape index (κ3) is 3.31. The van der Waals surface area contributed by atoms with E-state index in [0.717, 1.165) is 50.6 Å². The number of hydroxylamine groups is 2. The fraction of sp³-hybridized carbons (Fsp3) is 0.893. The first kappa shape index (κ1) is 22.5. The summed E-state index contributed by atoms with van der Waals surface area (Å²) in [5.74, 6) is 3.94. The third-order valence-corrected chi connectivity index (χ3v) is 11.6. The zero-order valence-electron chi connectivity index (χ0n) is 21.1. The lowest BCUT2D eigenvalue weighted by molar-refractivity contribution is -0.178. The maximum atomic E-state index is 12.2. The van der Waals surface area contributed by atoms with Crippen molar-refractivity contribution in [2.45, 2.75) is 103 Å². The van der Waals surface area contributed by atoms with E-state index in [-0.39, 0.29) is 23.7 Å². The van der Waals surface area contributed by atoms with Gasteiger partial charge in [0.05, 0.1) is 17.7 Å². The molecule has 5 nitrogen and oxygen atoms in total. The number of piperidine rings is 1. The normalized spacial score (nSPS) is 52.5. The molecule has 3 heterocycles. The fourth-order valence-electron chi connectivity index (χ4n) is 9.74. The number of hydrogen-bond donors (Lipinski definition) is 2. The van der Waals surface area contributed by atoms with Crippen molar-refractivity contribution in [3.63, 3.8) is 0 Å². The molecule has 3 aliphatic carbocycles. The highest BCUT2D eigenvalue weighted by molar-refractivity contribution is 5.76. The van der Waals surface area contributed by atoms with Crippen molar-refractivity contribution in [2.75, 3.05) is 13.1 Å². The van der Waals surface area contributed by atoms with E-state index in [9.17, 15) is 10.0 Å². The monoisotopic (exact) mass is 456 g/mol. The van der Waals surface area contributed by atoms with Crippen LogP contribution in [-0.2, 0) is 9.53 Å². The molecule has 0 aromatic carbocycles. The number of nitrogens with one attached hydrogen (secondary N) is 1. The Morgan fingerprint density at radius 1 is 1.18 bits per heavy atom. The van der Waals surface area contributed by atoms with E-state index in [1.165, 1.54) is 25.7 Å². The molecule has 33 heavy (non-hydrogen) atoms. The molecule has 6 aliphatic rings. The standard InChI is InChI=1S/C28H44N2O3/c1-16-11-24-26(30(32)15-16)18(3)28(33-24)10-7-20-21-6-5-19-14-29-25(31)8-9-27(19,4)23(21)12-22(20)17(2)13-28/h16,18-21,23-24,26,32H,5-15H2,1-4H3,(H,29,31)/t16-,18+,19+,20-,21-,23-,24+,26-,27-,28-/m0/s1. The van der Waals surface area contributed by atoms with Crippen molar-refractivity contribution in [3.05, 3.63) is 11.1 Å². The predicted molar refractivity (Wildman–Crippen MR) is 128 cm³/mol. The lowest BCUT2D eigenvalue weighted by Crippen LogP contribution is -2.50. The average Bonchev–Trinajstić information content (AvgIpc) is 3.16. The average molecular weight is 457 g/mol. The summed E-state index contributed by atoms with van der Waals surface area (Å²) < 4.78 is 6.95. The lowest BCUT2D eigenvalue weighted by Gasteiger charge is -2.49. The van der Waals surface area contributed by atoms with Gasteiger partial charge in [0.25, 0.3) is 0 Å². The van der Waals surface area contributed by atoms with Crippen LogP contribution in [0.15, 0.2) is 11.1 Å². The molecule has 10 atom stereocenters. The van der Waals surface area contributed by atoms with Crippen LogP contribution in [0, 0.1) is 40.9 Å². The van der Waals surface area contributed by atoms with Crippen LogP contribution in [0.4, 0.5) is 0 Å². The second-order valence-corrected chi connectivity index (χ2v) is 13.1. The Balaban J connectivity index is 1.28. The summed E-state index contributed by atoms with van der Waals surface area (Å²) in [6, 6.07) is 0.148. The van der Waals surface area contributed by atoms with E-state index in [1.807, 2.05) is 0 Å². The highest BCUT2D eigenvalue weighted by atomic mass is 16.5. The van der Waals surface area contributed by atoms with Gasteiger partial charge < -0.3 is 15.3 Å². The maximum absolute atomic E-state index is 12.2. The molecule has 0 aromatic rings. The quantitative estimate of drug-likeness (QED) is 0.507. The van der Waals surface area contributed by atoms with Crippen LogP contribution in [-0.4, -0.2) is 47.0 Å². The molecule has 3 saturated heterocycles. The predicted octanol–water partition coefficient (Wildman–Crippen LogP) is 4.94. The first-order valence-corrected chi connectivity index (χ1v) is 13.8. The minimum Gasteiger partial charge on any atom is -0.369 e. The number of allylic oxidation sites excluding steroid dienone is 1. The first-order valence-electron chi connectivity index (χ1n) is 13.8. The van der Waals surface area contributed by atoms with Gasteiger partial charge >= 0.3 is 0 Å². The Bertz CT molecular complexity index is 856. The van der Waals surface area contributed by atoms with Gasteiger partial charge in [-0.15, -0.1) is 0 Å². The van der Waals surface area contributed by atoms with Gasteiger partial charge in [0.15, 0.2) is 0 Å². The van der Waals surface area contributed by atoms with Gasteiger partial charge in [0, 0.05) is 25.4 Å². The smallest absolute Gasteiger partial charge is 0.220 e. The van der Waals surface area contributed by atoms with Gasteiger partial charge in [0.1, 0.15) is 0 Å². The summed E-state index contributed by atoms with van der Waals surface area (Å²) >= 11 is 0. The second-order valence-electron chi connectivity index (χ2n) is 13.1. The van der Waals surface area contributed by atoms with Crippen LogP contribution in [0.1, 0.15) is 85.5 Å². The van der Waals surface area contributed by atoms with E-state index in [1.54, 1.807) is 16.2 Å². The van der Waals surface area contributed by atoms with E-state index < -0.39 is 0 Å². The molecular formula is C28H44N2O3. The Morgan fingerprint density at radius 2 is 2.00 bits per heavy atom. The zero-order valence-corrected chi connectivity index (χ0v) is 21.1. The molecule has 1 spiro atoms. The molecule has 5 heteroatoms. The Hall–Kier alpha value is -0.910. The van der Waals surface area contributed by atoms with Gasteiger partial charge in [-0.1, -0.05) is 31.9 Å². The molecule has 184 valence electrons. The number of ether oxygens (including phenoxy) is 1. The molecule has 2 saturated carbocycles. The minimum atomic E-state index is -0.114. The van der Waals surface area contributed by atoms with Crippen molar-refractivity contribution in [1.29, 1.82) is 0 Å². The van der Waals surface area contributed by atoms with Crippen molar-refractivity contribution >= 4 is 5.91 Å². The third-order valence-electron chi connectivity index (χ3n) is 11.6. The van der Waals surface area contributed by atoms with Crippen LogP contribution in [0.5, 0.6) is 0 Å². The highest BCUT2D eigenvalue weighted by Crippen LogP contribution is 2.63. The molecular weight excluding hydrogens is 412 g/mol. The van der Waals surface area contributed by atoms with Crippen LogP contribution in [0.2, 0.25) is 0 Å². The van der Waals surface area contributed by atoms with Gasteiger partial charge in [-0.2, -0.15) is 5.06 Å². The van der Waals surface area contributed by atoms with E-state index >= 15 is 0 Å². The van der Waals surface area contributed by atoms with Crippen molar-refractivity contribution in [1.82, 2.24) is 10.4 Å². The molecule has 1 amide bonds. The number of fused-ring (bicyclic) bond motifs is 6. The Labute approximate surface area is 199 Å². The van der Waals surface area contributed by atoms with E-state index in [2.05, 4.69) is 33.0 Å². The molecule has 2 N–H and O–H groups in total. The van der Waals surface area contributed by atoms with Gasteiger partial charge in [-0.3, -0.25) is 4.79 Å². The van der Waals surface area contributed by atoms with E-state index in [4.69, 9.17) is 4.74 Å². The largest absolute Gasteiger partial charge is 0.369 e. The SMILES string of the molecule is CC1=C2C[C@H]3[C@@H](CC[C@@H]4CNC(=O)CC[C@@]43C)[C@@H]2CC[C@@]2(C1)O[C@@H]1C[C@H](C)CN(O)[C@H]1[C@H]2C. The van der Waals surface area contributed by atoms with Crippen molar-refractivity contribution < 1.29 is 14.7 Å². The molecule has 6 rings (SSSR count). The number of hydrogen-bond acceptors (Lipinski definition) is 4. The molecule has 0 radical (unpaired) electrons. The van der Waals surface area contributed by atoms with Gasteiger partial charge in [-0.05, 0) is 93.3 Å². The number of nitrogens with zero attached hydrogens (tertiary/aromatic N) is 1. The second kappa shape index (κ2) is 7.80. The molecule has 5 fully saturated rings. The number of carbonyl (C=O) groups excluding carboxylic acids is 1. The van der Waals surface area contributed by atoms with Gasteiger partial charge in [0.2, 0.25) is 5.91 Å². The fourth-order valence-corrected chi connectivity index (χ4v) is 9.74. The molecule has 0 unspecified atom stereocenters. The first-order chi connectivity index (χ1) is 15.7. The van der Waals surface area contributed by atoms with Crippen LogP contribution in [0.25, 0.3) is 0 Å². The van der Waals surface area contributed by atoms with Crippen LogP contribution < -0.4 is 5.32 Å². The summed E-state index contributed by atoms with van der Waals surface area (Å²) in [6.45, 7) is 11.1. The molecule has 0 aromatic heterocycles. The summed E-state index contributed by atoms with van der Waals surface area (Å²) in [4.78, 5) is 12.2. The highest BCUT2D eigenvalue weighted by Gasteiger charge is 2.60. The summed E-state index contributed by atoms with van der Waals surface area (Å²) in [5.41, 5.74) is 3.50. The van der Waals surface area contributed by atoms with Crippen molar-refractivity contribution in [2.24, 2.45) is 40.9 Å². The number of amides is 1. The summed E-state index contributed by atoms with van der Waals surface area (Å²) in [7, 11) is 0. The van der Waals surface area contributed by atoms with Crippen molar-refractivity contribution in [3.8, 4) is 0 Å². The summed E-state index contributed by atoms with van der Waals surface area (Å²) in [6.07, 6.45) is 10.2. The lowest BCUT2D eigenvalue weighted by atomic mass is 9.55. The molecule has 0 bridgehead atoms. The zero-order chi connectivity index (χ0) is 23.1. The van der Waals surface area contributed by atoms with Crippen LogP contribution in [0.3, 0.4) is 0 Å². The number of carbonyl (C=O) groups is 1. The molecule has 3 aliphatic heterocycles. The summed E-state index contributed by atoms with van der Waals surface area (Å²) in [5, 5.41) is 15.6.